The first-order valence-electron chi connectivity index (χ1n) is 6.46. The normalized spacial score (nSPS) is 26.4. The summed E-state index contributed by atoms with van der Waals surface area (Å²) in [6.45, 7) is 6.50. The van der Waals surface area contributed by atoms with E-state index in [1.807, 2.05) is 0 Å². The molecule has 2 heteroatoms. The lowest BCUT2D eigenvalue weighted by molar-refractivity contribution is 0.191. The molecule has 1 fully saturated rings. The van der Waals surface area contributed by atoms with Crippen LogP contribution in [0.1, 0.15) is 46.0 Å². The lowest BCUT2D eigenvalue weighted by Gasteiger charge is -2.21. The molecule has 90 valence electrons. The Morgan fingerprint density at radius 2 is 2.13 bits per heavy atom. The minimum Gasteiger partial charge on any atom is -0.383 e. The molecule has 1 aliphatic rings. The zero-order valence-electron chi connectivity index (χ0n) is 10.6. The van der Waals surface area contributed by atoms with Crippen LogP contribution in [0.5, 0.6) is 0 Å². The molecular weight excluding hydrogens is 186 g/mol. The van der Waals surface area contributed by atoms with Crippen LogP contribution >= 0.6 is 0 Å². The van der Waals surface area contributed by atoms with E-state index in [1.54, 1.807) is 7.11 Å². The third kappa shape index (κ3) is 4.98. The molecule has 0 spiro atoms. The Morgan fingerprint density at radius 1 is 1.33 bits per heavy atom. The van der Waals surface area contributed by atoms with E-state index in [0.717, 1.165) is 31.0 Å². The maximum atomic E-state index is 5.07. The summed E-state index contributed by atoms with van der Waals surface area (Å²) < 4.78 is 5.07. The van der Waals surface area contributed by atoms with Crippen LogP contribution < -0.4 is 5.32 Å². The molecule has 0 saturated heterocycles. The minimum atomic E-state index is 0.763. The van der Waals surface area contributed by atoms with Gasteiger partial charge in [0, 0.05) is 19.7 Å². The van der Waals surface area contributed by atoms with Crippen LogP contribution in [-0.2, 0) is 4.74 Å². The van der Waals surface area contributed by atoms with Gasteiger partial charge >= 0.3 is 0 Å². The molecule has 15 heavy (non-hydrogen) atoms. The van der Waals surface area contributed by atoms with Gasteiger partial charge in [0.2, 0.25) is 0 Å². The van der Waals surface area contributed by atoms with Crippen molar-refractivity contribution in [3.05, 3.63) is 0 Å². The summed E-state index contributed by atoms with van der Waals surface area (Å²) in [4.78, 5) is 0. The Bertz CT molecular complexity index is 159. The summed E-state index contributed by atoms with van der Waals surface area (Å²) in [7, 11) is 1.77. The molecule has 0 aliphatic heterocycles. The van der Waals surface area contributed by atoms with Gasteiger partial charge in [0.05, 0.1) is 6.61 Å². The Hall–Kier alpha value is -0.0800. The second-order valence-electron chi connectivity index (χ2n) is 5.22. The fourth-order valence-electron chi connectivity index (χ4n) is 2.54. The van der Waals surface area contributed by atoms with E-state index in [0.29, 0.717) is 0 Å². The predicted octanol–water partition coefficient (Wildman–Crippen LogP) is 2.83. The number of hydrogen-bond acceptors (Lipinski definition) is 2. The molecule has 0 bridgehead atoms. The molecule has 1 saturated carbocycles. The third-order valence-corrected chi connectivity index (χ3v) is 3.49. The SMILES string of the molecule is COCCNC1CCCC1CCC(C)C. The summed E-state index contributed by atoms with van der Waals surface area (Å²) in [6, 6.07) is 0.763. The molecule has 2 atom stereocenters. The summed E-state index contributed by atoms with van der Waals surface area (Å²) in [5, 5.41) is 3.63. The first kappa shape index (κ1) is 13.0. The van der Waals surface area contributed by atoms with Crippen molar-refractivity contribution in [2.24, 2.45) is 11.8 Å². The van der Waals surface area contributed by atoms with Crippen LogP contribution in [0.2, 0.25) is 0 Å². The maximum absolute atomic E-state index is 5.07. The molecule has 0 amide bonds. The number of rotatable bonds is 7. The Morgan fingerprint density at radius 3 is 2.80 bits per heavy atom. The van der Waals surface area contributed by atoms with Gasteiger partial charge in [-0.2, -0.15) is 0 Å². The molecular formula is C13H27NO. The fourth-order valence-corrected chi connectivity index (χ4v) is 2.54. The average molecular weight is 213 g/mol. The Kier molecular flexibility index (Phi) is 6.26. The molecule has 0 aromatic carbocycles. The standard InChI is InChI=1S/C13H27NO/c1-11(2)7-8-12-5-4-6-13(12)14-9-10-15-3/h11-14H,4-10H2,1-3H3. The molecule has 0 aromatic heterocycles. The van der Waals surface area contributed by atoms with Gasteiger partial charge in [0.25, 0.3) is 0 Å². The van der Waals surface area contributed by atoms with Crippen molar-refractivity contribution in [1.82, 2.24) is 5.32 Å². The van der Waals surface area contributed by atoms with E-state index < -0.39 is 0 Å². The quantitative estimate of drug-likeness (QED) is 0.657. The van der Waals surface area contributed by atoms with Gasteiger partial charge in [0.15, 0.2) is 0 Å². The van der Waals surface area contributed by atoms with Gasteiger partial charge in [-0.3, -0.25) is 0 Å². The van der Waals surface area contributed by atoms with Gasteiger partial charge < -0.3 is 10.1 Å². The zero-order valence-corrected chi connectivity index (χ0v) is 10.6. The van der Waals surface area contributed by atoms with Crippen LogP contribution in [0, 0.1) is 11.8 Å². The highest BCUT2D eigenvalue weighted by Gasteiger charge is 2.26. The van der Waals surface area contributed by atoms with Crippen molar-refractivity contribution in [3.8, 4) is 0 Å². The molecule has 0 aromatic rings. The number of hydrogen-bond donors (Lipinski definition) is 1. The van der Waals surface area contributed by atoms with E-state index in [1.165, 1.54) is 32.1 Å². The van der Waals surface area contributed by atoms with Gasteiger partial charge in [0.1, 0.15) is 0 Å². The van der Waals surface area contributed by atoms with E-state index in [-0.39, 0.29) is 0 Å². The van der Waals surface area contributed by atoms with Crippen molar-refractivity contribution in [1.29, 1.82) is 0 Å². The van der Waals surface area contributed by atoms with Crippen molar-refractivity contribution in [2.75, 3.05) is 20.3 Å². The summed E-state index contributed by atoms with van der Waals surface area (Å²) in [5.41, 5.74) is 0. The fraction of sp³-hybridized carbons (Fsp3) is 1.00. The minimum absolute atomic E-state index is 0.763. The molecule has 2 unspecified atom stereocenters. The largest absolute Gasteiger partial charge is 0.383 e. The first-order chi connectivity index (χ1) is 7.24. The topological polar surface area (TPSA) is 21.3 Å². The summed E-state index contributed by atoms with van der Waals surface area (Å²) >= 11 is 0. The van der Waals surface area contributed by atoms with Crippen LogP contribution in [0.3, 0.4) is 0 Å². The zero-order chi connectivity index (χ0) is 11.1. The van der Waals surface area contributed by atoms with E-state index in [4.69, 9.17) is 4.74 Å². The van der Waals surface area contributed by atoms with Crippen LogP contribution in [0.4, 0.5) is 0 Å². The number of ether oxygens (including phenoxy) is 1. The lowest BCUT2D eigenvalue weighted by Crippen LogP contribution is -2.34. The van der Waals surface area contributed by atoms with Gasteiger partial charge in [-0.25, -0.2) is 0 Å². The molecule has 1 aliphatic carbocycles. The molecule has 0 heterocycles. The van der Waals surface area contributed by atoms with Crippen LogP contribution in [0.25, 0.3) is 0 Å². The molecule has 1 rings (SSSR count). The molecule has 0 radical (unpaired) electrons. The average Bonchev–Trinajstić information content (AvgIpc) is 2.63. The van der Waals surface area contributed by atoms with Crippen molar-refractivity contribution >= 4 is 0 Å². The van der Waals surface area contributed by atoms with Gasteiger partial charge in [-0.1, -0.05) is 26.7 Å². The summed E-state index contributed by atoms with van der Waals surface area (Å²) in [6.07, 6.45) is 6.99. The smallest absolute Gasteiger partial charge is 0.0587 e. The third-order valence-electron chi connectivity index (χ3n) is 3.49. The molecule has 2 nitrogen and oxygen atoms in total. The van der Waals surface area contributed by atoms with Crippen molar-refractivity contribution in [3.63, 3.8) is 0 Å². The monoisotopic (exact) mass is 213 g/mol. The van der Waals surface area contributed by atoms with Crippen LogP contribution in [-0.4, -0.2) is 26.3 Å². The van der Waals surface area contributed by atoms with Gasteiger partial charge in [-0.05, 0) is 31.1 Å². The van der Waals surface area contributed by atoms with E-state index in [2.05, 4.69) is 19.2 Å². The number of nitrogens with one attached hydrogen (secondary N) is 1. The highest BCUT2D eigenvalue weighted by molar-refractivity contribution is 4.83. The molecule has 1 N–H and O–H groups in total. The Labute approximate surface area is 94.8 Å². The van der Waals surface area contributed by atoms with E-state index in [9.17, 15) is 0 Å². The highest BCUT2D eigenvalue weighted by atomic mass is 16.5. The lowest BCUT2D eigenvalue weighted by atomic mass is 9.94. The van der Waals surface area contributed by atoms with Crippen molar-refractivity contribution in [2.45, 2.75) is 52.0 Å². The number of methoxy groups -OCH3 is 1. The highest BCUT2D eigenvalue weighted by Crippen LogP contribution is 2.30. The second-order valence-corrected chi connectivity index (χ2v) is 5.22. The predicted molar refractivity (Wildman–Crippen MR) is 65.1 cm³/mol. The van der Waals surface area contributed by atoms with Gasteiger partial charge in [-0.15, -0.1) is 0 Å². The van der Waals surface area contributed by atoms with E-state index >= 15 is 0 Å². The first-order valence-corrected chi connectivity index (χ1v) is 6.46. The van der Waals surface area contributed by atoms with Crippen LogP contribution in [0.15, 0.2) is 0 Å². The second kappa shape index (κ2) is 7.24. The maximum Gasteiger partial charge on any atom is 0.0587 e. The summed E-state index contributed by atoms with van der Waals surface area (Å²) in [5.74, 6) is 1.77. The van der Waals surface area contributed by atoms with Crippen molar-refractivity contribution < 1.29 is 4.74 Å². The Balaban J connectivity index is 2.17.